The molecule has 1 atom stereocenters. The molecule has 0 aromatic heterocycles. The topological polar surface area (TPSA) is 135 Å². The maximum atomic E-state index is 10.6. The molecule has 0 radical (unpaired) electrons. The number of rotatable bonds is 27. The number of nitro groups is 1. The smallest absolute Gasteiger partial charge is 0.269 e. The highest BCUT2D eigenvalue weighted by Crippen LogP contribution is 2.17. The third kappa shape index (κ3) is 19.2. The number of benzene rings is 1. The number of non-ortho nitro benzene ring substituents is 1. The molecular weight excluding hydrogens is 530 g/mol. The SMILES string of the molecule is O=[N+]([O-])c1ccc(OCCOCCOCCOCCOCCOCCOCCOCCOC2CCCCO2)cc1. The lowest BCUT2D eigenvalue weighted by molar-refractivity contribution is -0.384. The van der Waals surface area contributed by atoms with Crippen LogP contribution in [0.5, 0.6) is 5.75 Å². The van der Waals surface area contributed by atoms with Crippen LogP contribution in [-0.4, -0.2) is 124 Å². The van der Waals surface area contributed by atoms with E-state index in [4.69, 9.17) is 47.4 Å². The van der Waals surface area contributed by atoms with Gasteiger partial charge in [-0.2, -0.15) is 0 Å². The van der Waals surface area contributed by atoms with Gasteiger partial charge in [-0.1, -0.05) is 0 Å². The summed E-state index contributed by atoms with van der Waals surface area (Å²) in [6, 6.07) is 5.92. The number of nitrogens with zero attached hydrogens (tertiary/aromatic N) is 1. The molecular formula is C27H45NO12. The van der Waals surface area contributed by atoms with E-state index in [-0.39, 0.29) is 12.0 Å². The summed E-state index contributed by atoms with van der Waals surface area (Å²) >= 11 is 0. The van der Waals surface area contributed by atoms with Gasteiger partial charge in [-0.05, 0) is 31.4 Å². The first-order chi connectivity index (χ1) is 19.8. The second-order valence-corrected chi connectivity index (χ2v) is 8.55. The first-order valence-corrected chi connectivity index (χ1v) is 13.9. The van der Waals surface area contributed by atoms with Gasteiger partial charge in [-0.15, -0.1) is 0 Å². The van der Waals surface area contributed by atoms with Gasteiger partial charge >= 0.3 is 0 Å². The fourth-order valence-corrected chi connectivity index (χ4v) is 3.39. The molecule has 1 unspecified atom stereocenters. The molecule has 1 aromatic carbocycles. The zero-order chi connectivity index (χ0) is 28.4. The van der Waals surface area contributed by atoms with Gasteiger partial charge in [-0.3, -0.25) is 10.1 Å². The van der Waals surface area contributed by atoms with E-state index in [2.05, 4.69) is 0 Å². The van der Waals surface area contributed by atoms with Crippen LogP contribution in [0.2, 0.25) is 0 Å². The third-order valence-corrected chi connectivity index (χ3v) is 5.45. The summed E-state index contributed by atoms with van der Waals surface area (Å²) in [5.41, 5.74) is 0.0287. The van der Waals surface area contributed by atoms with Gasteiger partial charge in [0.15, 0.2) is 6.29 Å². The first-order valence-electron chi connectivity index (χ1n) is 13.9. The average Bonchev–Trinajstić information content (AvgIpc) is 2.98. The van der Waals surface area contributed by atoms with Crippen molar-refractivity contribution < 1.29 is 52.3 Å². The average molecular weight is 576 g/mol. The van der Waals surface area contributed by atoms with Crippen molar-refractivity contribution >= 4 is 5.69 Å². The standard InChI is InChI=1S/C27H45NO12/c29-28(30)25-4-6-26(7-5-25)38-23-21-36-19-17-34-15-13-32-11-9-31-10-12-33-14-16-35-18-20-37-22-24-40-27-3-1-2-8-39-27/h4-7,27H,1-3,8-24H2. The van der Waals surface area contributed by atoms with Crippen LogP contribution in [-0.2, 0) is 42.6 Å². The second-order valence-electron chi connectivity index (χ2n) is 8.55. The van der Waals surface area contributed by atoms with Crippen molar-refractivity contribution in [2.45, 2.75) is 25.6 Å². The van der Waals surface area contributed by atoms with E-state index >= 15 is 0 Å². The number of hydrogen-bond acceptors (Lipinski definition) is 12. The fraction of sp³-hybridized carbons (Fsp3) is 0.778. The summed E-state index contributed by atoms with van der Waals surface area (Å²) in [6.45, 7) is 8.51. The monoisotopic (exact) mass is 575 g/mol. The Kier molecular flexibility index (Phi) is 21.3. The Morgan fingerprint density at radius 2 is 1.05 bits per heavy atom. The van der Waals surface area contributed by atoms with Crippen LogP contribution in [0.25, 0.3) is 0 Å². The highest BCUT2D eigenvalue weighted by molar-refractivity contribution is 5.35. The van der Waals surface area contributed by atoms with E-state index < -0.39 is 4.92 Å². The van der Waals surface area contributed by atoms with Crippen LogP contribution < -0.4 is 4.74 Å². The van der Waals surface area contributed by atoms with E-state index in [1.54, 1.807) is 12.1 Å². The van der Waals surface area contributed by atoms with Gasteiger partial charge in [0, 0.05) is 18.7 Å². The highest BCUT2D eigenvalue weighted by atomic mass is 16.7. The van der Waals surface area contributed by atoms with Gasteiger partial charge in [0.2, 0.25) is 0 Å². The van der Waals surface area contributed by atoms with Crippen molar-refractivity contribution in [2.24, 2.45) is 0 Å². The van der Waals surface area contributed by atoms with Crippen LogP contribution in [0.15, 0.2) is 24.3 Å². The Morgan fingerprint density at radius 3 is 1.45 bits per heavy atom. The Hall–Kier alpha value is -1.94. The van der Waals surface area contributed by atoms with E-state index in [1.807, 2.05) is 0 Å². The normalized spacial score (nSPS) is 15.3. The van der Waals surface area contributed by atoms with Gasteiger partial charge in [0.1, 0.15) is 12.4 Å². The molecule has 0 amide bonds. The molecule has 13 nitrogen and oxygen atoms in total. The Morgan fingerprint density at radius 1 is 0.625 bits per heavy atom. The zero-order valence-electron chi connectivity index (χ0n) is 23.4. The summed E-state index contributed by atoms with van der Waals surface area (Å²) in [4.78, 5) is 10.2. The van der Waals surface area contributed by atoms with Gasteiger partial charge in [0.25, 0.3) is 5.69 Å². The molecule has 0 aliphatic carbocycles. The predicted molar refractivity (Wildman–Crippen MR) is 144 cm³/mol. The summed E-state index contributed by atoms with van der Waals surface area (Å²) in [6.07, 6.45) is 3.17. The van der Waals surface area contributed by atoms with E-state index in [1.165, 1.54) is 12.1 Å². The zero-order valence-corrected chi connectivity index (χ0v) is 23.4. The second kappa shape index (κ2) is 24.8. The minimum Gasteiger partial charge on any atom is -0.491 e. The molecule has 0 spiro atoms. The Bertz CT molecular complexity index is 718. The Balaban J connectivity index is 1.18. The molecule has 0 N–H and O–H groups in total. The van der Waals surface area contributed by atoms with Crippen molar-refractivity contribution in [3.05, 3.63) is 34.4 Å². The number of ether oxygens (including phenoxy) is 10. The van der Waals surface area contributed by atoms with Crippen LogP contribution in [0, 0.1) is 10.1 Å². The third-order valence-electron chi connectivity index (χ3n) is 5.45. The Labute approximate surface area is 236 Å². The van der Waals surface area contributed by atoms with Crippen LogP contribution in [0.4, 0.5) is 5.69 Å². The first kappa shape index (κ1) is 34.3. The predicted octanol–water partition coefficient (Wildman–Crippen LogP) is 2.63. The van der Waals surface area contributed by atoms with E-state index in [0.29, 0.717) is 111 Å². The summed E-state index contributed by atoms with van der Waals surface area (Å²) in [5.74, 6) is 0.560. The van der Waals surface area contributed by atoms with Crippen molar-refractivity contribution in [3.63, 3.8) is 0 Å². The van der Waals surface area contributed by atoms with Gasteiger partial charge in [0.05, 0.1) is 104 Å². The van der Waals surface area contributed by atoms with E-state index in [9.17, 15) is 10.1 Å². The molecule has 1 saturated heterocycles. The summed E-state index contributed by atoms with van der Waals surface area (Å²) < 4.78 is 54.7. The fourth-order valence-electron chi connectivity index (χ4n) is 3.39. The van der Waals surface area contributed by atoms with Crippen molar-refractivity contribution in [1.82, 2.24) is 0 Å². The molecule has 13 heteroatoms. The van der Waals surface area contributed by atoms with Crippen molar-refractivity contribution in [2.75, 3.05) is 112 Å². The summed E-state index contributed by atoms with van der Waals surface area (Å²) in [7, 11) is 0. The molecule has 0 bridgehead atoms. The van der Waals surface area contributed by atoms with Crippen LogP contribution in [0.3, 0.4) is 0 Å². The molecule has 0 saturated carbocycles. The van der Waals surface area contributed by atoms with Crippen molar-refractivity contribution in [3.8, 4) is 5.75 Å². The van der Waals surface area contributed by atoms with E-state index in [0.717, 1.165) is 25.9 Å². The molecule has 230 valence electrons. The molecule has 1 heterocycles. The minimum absolute atomic E-state index is 0.0287. The lowest BCUT2D eigenvalue weighted by Crippen LogP contribution is -2.24. The van der Waals surface area contributed by atoms with Gasteiger partial charge < -0.3 is 47.4 Å². The van der Waals surface area contributed by atoms with Crippen LogP contribution >= 0.6 is 0 Å². The lowest BCUT2D eigenvalue weighted by atomic mass is 10.2. The largest absolute Gasteiger partial charge is 0.491 e. The van der Waals surface area contributed by atoms with Crippen LogP contribution in [0.1, 0.15) is 19.3 Å². The molecule has 1 aromatic rings. The van der Waals surface area contributed by atoms with Gasteiger partial charge in [-0.25, -0.2) is 0 Å². The molecule has 40 heavy (non-hydrogen) atoms. The molecule has 1 aliphatic rings. The molecule has 2 rings (SSSR count). The number of hydrogen-bond donors (Lipinski definition) is 0. The lowest BCUT2D eigenvalue weighted by Gasteiger charge is -2.22. The highest BCUT2D eigenvalue weighted by Gasteiger charge is 2.13. The molecule has 1 aliphatic heterocycles. The summed E-state index contributed by atoms with van der Waals surface area (Å²) in [5, 5.41) is 10.6. The van der Waals surface area contributed by atoms with Crippen molar-refractivity contribution in [1.29, 1.82) is 0 Å². The maximum absolute atomic E-state index is 10.6. The number of nitro benzene ring substituents is 1. The maximum Gasteiger partial charge on any atom is 0.269 e. The quantitative estimate of drug-likeness (QED) is 0.0867. The molecule has 1 fully saturated rings. The minimum atomic E-state index is -0.450.